The molecule has 0 aromatic heterocycles. The van der Waals surface area contributed by atoms with Gasteiger partial charge in [-0.1, -0.05) is 0 Å². The number of hydrogen-bond donors (Lipinski definition) is 2. The van der Waals surface area contributed by atoms with Gasteiger partial charge in [0, 0.05) is 18.7 Å². The first-order valence-electron chi connectivity index (χ1n) is 5.59. The van der Waals surface area contributed by atoms with E-state index in [1.54, 1.807) is 0 Å². The van der Waals surface area contributed by atoms with Crippen LogP contribution in [0.1, 0.15) is 18.4 Å². The van der Waals surface area contributed by atoms with Gasteiger partial charge in [0.05, 0.1) is 5.56 Å². The number of terminal acetylenes is 1. The Bertz CT molecular complexity index is 460. The topological polar surface area (TPSA) is 41.1 Å². The number of carbonyl (C=O) groups is 1. The van der Waals surface area contributed by atoms with Crippen molar-refractivity contribution in [3.63, 3.8) is 0 Å². The van der Waals surface area contributed by atoms with E-state index >= 15 is 0 Å². The van der Waals surface area contributed by atoms with Crippen molar-refractivity contribution in [1.82, 2.24) is 5.32 Å². The molecule has 3 nitrogen and oxygen atoms in total. The van der Waals surface area contributed by atoms with Crippen molar-refractivity contribution in [1.29, 1.82) is 0 Å². The molecule has 0 aliphatic carbocycles. The van der Waals surface area contributed by atoms with Gasteiger partial charge in [0.15, 0.2) is 0 Å². The summed E-state index contributed by atoms with van der Waals surface area (Å²) < 4.78 is 36.9. The number of carbonyl (C=O) groups excluding carboxylic acids is 1. The van der Waals surface area contributed by atoms with E-state index in [1.807, 2.05) is 0 Å². The number of amides is 2. The molecular weight excluding hydrogens is 257 g/mol. The van der Waals surface area contributed by atoms with Gasteiger partial charge < -0.3 is 10.6 Å². The lowest BCUT2D eigenvalue weighted by atomic mass is 10.2. The van der Waals surface area contributed by atoms with E-state index in [9.17, 15) is 18.0 Å². The Balaban J connectivity index is 2.45. The minimum Gasteiger partial charge on any atom is -0.338 e. The summed E-state index contributed by atoms with van der Waals surface area (Å²) in [7, 11) is 0. The number of rotatable bonds is 4. The van der Waals surface area contributed by atoms with E-state index in [0.717, 1.165) is 12.1 Å². The summed E-state index contributed by atoms with van der Waals surface area (Å²) >= 11 is 0. The Labute approximate surface area is 109 Å². The molecule has 2 amide bonds. The van der Waals surface area contributed by atoms with Crippen LogP contribution in [0.3, 0.4) is 0 Å². The summed E-state index contributed by atoms with van der Waals surface area (Å²) in [5.41, 5.74) is -0.463. The second kappa shape index (κ2) is 6.69. The van der Waals surface area contributed by atoms with Gasteiger partial charge in [-0.25, -0.2) is 4.79 Å². The van der Waals surface area contributed by atoms with Crippen LogP contribution >= 0.6 is 0 Å². The molecule has 0 fully saturated rings. The van der Waals surface area contributed by atoms with Crippen molar-refractivity contribution >= 4 is 11.7 Å². The molecule has 102 valence electrons. The van der Waals surface area contributed by atoms with E-state index in [1.165, 1.54) is 12.1 Å². The molecule has 1 rings (SSSR count). The molecule has 19 heavy (non-hydrogen) atoms. The van der Waals surface area contributed by atoms with Crippen LogP contribution in [0.25, 0.3) is 0 Å². The van der Waals surface area contributed by atoms with Crippen LogP contribution in [-0.2, 0) is 6.18 Å². The number of unbranched alkanes of at least 4 members (excludes halogenated alkanes) is 1. The standard InChI is InChI=1S/C13H13F3N2O/c1-2-3-4-9-17-12(19)18-11-7-5-10(6-8-11)13(14,15)16/h1,5-8H,3-4,9H2,(H2,17,18,19). The fourth-order valence-electron chi connectivity index (χ4n) is 1.31. The molecule has 0 saturated heterocycles. The highest BCUT2D eigenvalue weighted by atomic mass is 19.4. The lowest BCUT2D eigenvalue weighted by Gasteiger charge is -2.09. The fraction of sp³-hybridized carbons (Fsp3) is 0.308. The van der Waals surface area contributed by atoms with Gasteiger partial charge >= 0.3 is 12.2 Å². The van der Waals surface area contributed by atoms with E-state index < -0.39 is 17.8 Å². The lowest BCUT2D eigenvalue weighted by Crippen LogP contribution is -2.29. The van der Waals surface area contributed by atoms with Crippen LogP contribution in [0.5, 0.6) is 0 Å². The van der Waals surface area contributed by atoms with Gasteiger partial charge in [-0.15, -0.1) is 12.3 Å². The van der Waals surface area contributed by atoms with Crippen LogP contribution in [0.2, 0.25) is 0 Å². The third-order valence-electron chi connectivity index (χ3n) is 2.25. The van der Waals surface area contributed by atoms with Gasteiger partial charge in [-0.3, -0.25) is 0 Å². The number of alkyl halides is 3. The molecule has 0 spiro atoms. The van der Waals surface area contributed by atoms with Crippen LogP contribution < -0.4 is 10.6 Å². The van der Waals surface area contributed by atoms with Gasteiger partial charge in [-0.05, 0) is 30.7 Å². The summed E-state index contributed by atoms with van der Waals surface area (Å²) in [6.45, 7) is 0.413. The number of halogens is 3. The van der Waals surface area contributed by atoms with E-state index in [0.29, 0.717) is 25.1 Å². The molecule has 0 aliphatic rings. The molecule has 2 N–H and O–H groups in total. The Morgan fingerprint density at radius 2 is 1.89 bits per heavy atom. The average molecular weight is 270 g/mol. The molecule has 0 bridgehead atoms. The largest absolute Gasteiger partial charge is 0.416 e. The third kappa shape index (κ3) is 5.34. The first kappa shape index (κ1) is 14.9. The summed E-state index contributed by atoms with van der Waals surface area (Å²) in [5, 5.41) is 4.97. The highest BCUT2D eigenvalue weighted by Gasteiger charge is 2.29. The monoisotopic (exact) mass is 270 g/mol. The smallest absolute Gasteiger partial charge is 0.338 e. The Kier molecular flexibility index (Phi) is 5.24. The zero-order valence-electron chi connectivity index (χ0n) is 10.1. The Hall–Kier alpha value is -2.16. The van der Waals surface area contributed by atoms with Gasteiger partial charge in [0.25, 0.3) is 0 Å². The van der Waals surface area contributed by atoms with Crippen molar-refractivity contribution in [3.05, 3.63) is 29.8 Å². The number of nitrogens with one attached hydrogen (secondary N) is 2. The van der Waals surface area contributed by atoms with Gasteiger partial charge in [0.1, 0.15) is 0 Å². The molecule has 0 radical (unpaired) electrons. The summed E-state index contributed by atoms with van der Waals surface area (Å²) in [6, 6.07) is 3.74. The van der Waals surface area contributed by atoms with Crippen molar-refractivity contribution in [3.8, 4) is 12.3 Å². The maximum Gasteiger partial charge on any atom is 0.416 e. The molecule has 0 saturated carbocycles. The second-order valence-corrected chi connectivity index (χ2v) is 3.76. The second-order valence-electron chi connectivity index (χ2n) is 3.76. The number of anilines is 1. The van der Waals surface area contributed by atoms with Crippen LogP contribution in [0.4, 0.5) is 23.7 Å². The van der Waals surface area contributed by atoms with Crippen molar-refractivity contribution in [2.75, 3.05) is 11.9 Å². The van der Waals surface area contributed by atoms with Gasteiger partial charge in [0.2, 0.25) is 0 Å². The number of hydrogen-bond acceptors (Lipinski definition) is 1. The molecule has 1 aromatic carbocycles. The highest BCUT2D eigenvalue weighted by molar-refractivity contribution is 5.89. The van der Waals surface area contributed by atoms with E-state index in [2.05, 4.69) is 16.6 Å². The SMILES string of the molecule is C#CCCCNC(=O)Nc1ccc(C(F)(F)F)cc1. The molecule has 1 aromatic rings. The third-order valence-corrected chi connectivity index (χ3v) is 2.25. The predicted octanol–water partition coefficient (Wildman–Crippen LogP) is 3.24. The lowest BCUT2D eigenvalue weighted by molar-refractivity contribution is -0.137. The fourth-order valence-corrected chi connectivity index (χ4v) is 1.31. The highest BCUT2D eigenvalue weighted by Crippen LogP contribution is 2.29. The minimum atomic E-state index is -4.38. The zero-order chi connectivity index (χ0) is 14.3. The summed E-state index contributed by atoms with van der Waals surface area (Å²) in [4.78, 5) is 11.4. The van der Waals surface area contributed by atoms with Crippen LogP contribution in [0, 0.1) is 12.3 Å². The Morgan fingerprint density at radius 1 is 1.26 bits per heavy atom. The summed E-state index contributed by atoms with van der Waals surface area (Å²) in [5.74, 6) is 2.43. The van der Waals surface area contributed by atoms with Crippen molar-refractivity contribution in [2.45, 2.75) is 19.0 Å². The zero-order valence-corrected chi connectivity index (χ0v) is 10.1. The molecule has 0 atom stereocenters. The summed E-state index contributed by atoms with van der Waals surface area (Å²) in [6.07, 6.45) is 1.87. The van der Waals surface area contributed by atoms with Crippen molar-refractivity contribution in [2.24, 2.45) is 0 Å². The maximum absolute atomic E-state index is 12.3. The first-order chi connectivity index (χ1) is 8.93. The molecular formula is C13H13F3N2O. The first-order valence-corrected chi connectivity index (χ1v) is 5.59. The predicted molar refractivity (Wildman–Crippen MR) is 66.5 cm³/mol. The molecule has 0 unspecified atom stereocenters. The normalized spacial score (nSPS) is 10.6. The minimum absolute atomic E-state index is 0.294. The van der Waals surface area contributed by atoms with Gasteiger partial charge in [-0.2, -0.15) is 13.2 Å². The molecule has 0 aliphatic heterocycles. The number of urea groups is 1. The number of benzene rings is 1. The van der Waals surface area contributed by atoms with E-state index in [4.69, 9.17) is 6.42 Å². The Morgan fingerprint density at radius 3 is 2.42 bits per heavy atom. The molecule has 6 heteroatoms. The van der Waals surface area contributed by atoms with Crippen LogP contribution in [0.15, 0.2) is 24.3 Å². The van der Waals surface area contributed by atoms with Crippen LogP contribution in [-0.4, -0.2) is 12.6 Å². The maximum atomic E-state index is 12.3. The quantitative estimate of drug-likeness (QED) is 0.640. The average Bonchev–Trinajstić information content (AvgIpc) is 2.34. The van der Waals surface area contributed by atoms with E-state index in [-0.39, 0.29) is 0 Å². The molecule has 0 heterocycles. The van der Waals surface area contributed by atoms with Crippen molar-refractivity contribution < 1.29 is 18.0 Å².